The van der Waals surface area contributed by atoms with E-state index in [2.05, 4.69) is 11.4 Å². The van der Waals surface area contributed by atoms with Crippen LogP contribution in [0.4, 0.5) is 0 Å². The molecule has 1 amide bonds. The van der Waals surface area contributed by atoms with Crippen LogP contribution in [0, 0.1) is 11.3 Å². The Hall–Kier alpha value is -2.64. The molecule has 0 bridgehead atoms. The first kappa shape index (κ1) is 13.8. The molecule has 20 heavy (non-hydrogen) atoms. The van der Waals surface area contributed by atoms with E-state index in [1.54, 1.807) is 12.1 Å². The van der Waals surface area contributed by atoms with Gasteiger partial charge in [-0.15, -0.1) is 0 Å². The molecule has 0 aliphatic carbocycles. The fraction of sp³-hybridized carbons (Fsp3) is 0.125. The quantitative estimate of drug-likeness (QED) is 0.885. The Morgan fingerprint density at radius 2 is 1.80 bits per heavy atom. The summed E-state index contributed by atoms with van der Waals surface area (Å²) in [6.45, 7) is 0.394. The second-order valence-electron chi connectivity index (χ2n) is 4.41. The van der Waals surface area contributed by atoms with Gasteiger partial charge in [0, 0.05) is 6.54 Å². The molecule has 3 N–H and O–H groups in total. The fourth-order valence-corrected chi connectivity index (χ4v) is 1.81. The number of carbonyl (C=O) groups is 1. The molecule has 1 unspecified atom stereocenters. The predicted octanol–water partition coefficient (Wildman–Crippen LogP) is 1.87. The standard InChI is InChI=1S/C16H15N3O/c17-10-12-6-8-13(9-7-12)11-19-16(20)15(18)14-4-2-1-3-5-14/h1-9,15H,11,18H2,(H,19,20). The van der Waals surface area contributed by atoms with Gasteiger partial charge in [-0.3, -0.25) is 4.79 Å². The first-order chi connectivity index (χ1) is 9.70. The van der Waals surface area contributed by atoms with Gasteiger partial charge < -0.3 is 11.1 Å². The monoisotopic (exact) mass is 265 g/mol. The van der Waals surface area contributed by atoms with E-state index >= 15 is 0 Å². The van der Waals surface area contributed by atoms with Crippen LogP contribution in [0.5, 0.6) is 0 Å². The van der Waals surface area contributed by atoms with E-state index in [4.69, 9.17) is 11.0 Å². The molecule has 0 radical (unpaired) electrons. The lowest BCUT2D eigenvalue weighted by molar-refractivity contribution is -0.122. The molecule has 0 spiro atoms. The van der Waals surface area contributed by atoms with Crippen LogP contribution in [-0.4, -0.2) is 5.91 Å². The highest BCUT2D eigenvalue weighted by Gasteiger charge is 2.14. The molecular weight excluding hydrogens is 250 g/mol. The third-order valence-corrected chi connectivity index (χ3v) is 2.99. The zero-order valence-electron chi connectivity index (χ0n) is 10.9. The van der Waals surface area contributed by atoms with Gasteiger partial charge in [0.15, 0.2) is 0 Å². The maximum Gasteiger partial charge on any atom is 0.241 e. The van der Waals surface area contributed by atoms with E-state index in [1.807, 2.05) is 42.5 Å². The van der Waals surface area contributed by atoms with Crippen molar-refractivity contribution >= 4 is 5.91 Å². The molecule has 4 nitrogen and oxygen atoms in total. The Balaban J connectivity index is 1.93. The summed E-state index contributed by atoms with van der Waals surface area (Å²) in [5.74, 6) is -0.222. The summed E-state index contributed by atoms with van der Waals surface area (Å²) in [4.78, 5) is 12.0. The highest BCUT2D eigenvalue weighted by atomic mass is 16.2. The molecule has 2 aromatic carbocycles. The summed E-state index contributed by atoms with van der Waals surface area (Å²) in [6.07, 6.45) is 0. The van der Waals surface area contributed by atoms with Crippen molar-refractivity contribution in [3.05, 3.63) is 71.3 Å². The molecule has 4 heteroatoms. The van der Waals surface area contributed by atoms with E-state index in [0.717, 1.165) is 11.1 Å². The van der Waals surface area contributed by atoms with Crippen molar-refractivity contribution in [1.29, 1.82) is 5.26 Å². The highest BCUT2D eigenvalue weighted by molar-refractivity contribution is 5.82. The van der Waals surface area contributed by atoms with Crippen LogP contribution in [0.3, 0.4) is 0 Å². The number of hydrogen-bond acceptors (Lipinski definition) is 3. The van der Waals surface area contributed by atoms with Gasteiger partial charge in [0.25, 0.3) is 0 Å². The van der Waals surface area contributed by atoms with E-state index in [9.17, 15) is 4.79 Å². The summed E-state index contributed by atoms with van der Waals surface area (Å²) in [5, 5.41) is 11.5. The van der Waals surface area contributed by atoms with Gasteiger partial charge in [0.05, 0.1) is 11.6 Å². The van der Waals surface area contributed by atoms with Crippen molar-refractivity contribution in [3.63, 3.8) is 0 Å². The van der Waals surface area contributed by atoms with E-state index in [0.29, 0.717) is 12.1 Å². The fourth-order valence-electron chi connectivity index (χ4n) is 1.81. The van der Waals surface area contributed by atoms with Gasteiger partial charge >= 0.3 is 0 Å². The average Bonchev–Trinajstić information content (AvgIpc) is 2.53. The average molecular weight is 265 g/mol. The minimum atomic E-state index is -0.672. The number of carbonyl (C=O) groups excluding carboxylic acids is 1. The minimum Gasteiger partial charge on any atom is -0.350 e. The third kappa shape index (κ3) is 3.44. The number of rotatable bonds is 4. The highest BCUT2D eigenvalue weighted by Crippen LogP contribution is 2.10. The predicted molar refractivity (Wildman–Crippen MR) is 76.4 cm³/mol. The summed E-state index contributed by atoms with van der Waals surface area (Å²) in [5.41, 5.74) is 8.20. The molecule has 0 heterocycles. The van der Waals surface area contributed by atoms with Gasteiger partial charge in [-0.25, -0.2) is 0 Å². The number of nitriles is 1. The number of nitrogens with one attached hydrogen (secondary N) is 1. The molecule has 0 aliphatic rings. The maximum atomic E-state index is 12.0. The molecule has 0 saturated heterocycles. The largest absolute Gasteiger partial charge is 0.350 e. The second kappa shape index (κ2) is 6.50. The first-order valence-corrected chi connectivity index (χ1v) is 6.28. The Bertz CT molecular complexity index is 614. The van der Waals surface area contributed by atoms with Crippen molar-refractivity contribution in [2.24, 2.45) is 5.73 Å². The molecule has 2 aromatic rings. The summed E-state index contributed by atoms with van der Waals surface area (Å²) >= 11 is 0. The summed E-state index contributed by atoms with van der Waals surface area (Å²) < 4.78 is 0. The summed E-state index contributed by atoms with van der Waals surface area (Å²) in [6, 6.07) is 17.7. The van der Waals surface area contributed by atoms with E-state index in [1.165, 1.54) is 0 Å². The van der Waals surface area contributed by atoms with Crippen molar-refractivity contribution in [2.45, 2.75) is 12.6 Å². The molecule has 1 atom stereocenters. The Morgan fingerprint density at radius 3 is 2.40 bits per heavy atom. The molecular formula is C16H15N3O. The van der Waals surface area contributed by atoms with Crippen LogP contribution >= 0.6 is 0 Å². The van der Waals surface area contributed by atoms with Crippen molar-refractivity contribution in [1.82, 2.24) is 5.32 Å². The van der Waals surface area contributed by atoms with Gasteiger partial charge in [-0.1, -0.05) is 42.5 Å². The number of benzene rings is 2. The topological polar surface area (TPSA) is 78.9 Å². The maximum absolute atomic E-state index is 12.0. The lowest BCUT2D eigenvalue weighted by Gasteiger charge is -2.12. The SMILES string of the molecule is N#Cc1ccc(CNC(=O)C(N)c2ccccc2)cc1. The van der Waals surface area contributed by atoms with Crippen molar-refractivity contribution < 1.29 is 4.79 Å². The van der Waals surface area contributed by atoms with Crippen LogP contribution < -0.4 is 11.1 Å². The van der Waals surface area contributed by atoms with Gasteiger partial charge in [-0.2, -0.15) is 5.26 Å². The van der Waals surface area contributed by atoms with Crippen LogP contribution in [0.1, 0.15) is 22.7 Å². The normalized spacial score (nSPS) is 11.4. The Labute approximate surface area is 117 Å². The summed E-state index contributed by atoms with van der Waals surface area (Å²) in [7, 11) is 0. The van der Waals surface area contributed by atoms with Gasteiger partial charge in [0.2, 0.25) is 5.91 Å². The van der Waals surface area contributed by atoms with Gasteiger partial charge in [-0.05, 0) is 23.3 Å². The molecule has 0 fully saturated rings. The van der Waals surface area contributed by atoms with Crippen LogP contribution in [0.15, 0.2) is 54.6 Å². The number of hydrogen-bond donors (Lipinski definition) is 2. The van der Waals surface area contributed by atoms with E-state index < -0.39 is 6.04 Å². The number of nitrogens with two attached hydrogens (primary N) is 1. The number of amides is 1. The molecule has 2 rings (SSSR count). The van der Waals surface area contributed by atoms with Crippen LogP contribution in [-0.2, 0) is 11.3 Å². The van der Waals surface area contributed by atoms with E-state index in [-0.39, 0.29) is 5.91 Å². The molecule has 100 valence electrons. The Kier molecular flexibility index (Phi) is 4.48. The second-order valence-corrected chi connectivity index (χ2v) is 4.41. The first-order valence-electron chi connectivity index (χ1n) is 6.28. The number of nitrogens with zero attached hydrogens (tertiary/aromatic N) is 1. The molecule has 0 aliphatic heterocycles. The minimum absolute atomic E-state index is 0.222. The van der Waals surface area contributed by atoms with Crippen molar-refractivity contribution in [2.75, 3.05) is 0 Å². The molecule has 0 saturated carbocycles. The molecule has 0 aromatic heterocycles. The van der Waals surface area contributed by atoms with Crippen LogP contribution in [0.25, 0.3) is 0 Å². The van der Waals surface area contributed by atoms with Crippen LogP contribution in [0.2, 0.25) is 0 Å². The zero-order chi connectivity index (χ0) is 14.4. The lowest BCUT2D eigenvalue weighted by atomic mass is 10.1. The Morgan fingerprint density at radius 1 is 1.15 bits per heavy atom. The van der Waals surface area contributed by atoms with Crippen molar-refractivity contribution in [3.8, 4) is 6.07 Å². The third-order valence-electron chi connectivity index (χ3n) is 2.99. The zero-order valence-corrected chi connectivity index (χ0v) is 10.9. The van der Waals surface area contributed by atoms with Gasteiger partial charge in [0.1, 0.15) is 6.04 Å². The lowest BCUT2D eigenvalue weighted by Crippen LogP contribution is -2.33. The smallest absolute Gasteiger partial charge is 0.241 e.